The van der Waals surface area contributed by atoms with Gasteiger partial charge in [-0.3, -0.25) is 0 Å². The Morgan fingerprint density at radius 2 is 2.00 bits per heavy atom. The molecule has 2 nitrogen and oxygen atoms in total. The van der Waals surface area contributed by atoms with Crippen LogP contribution in [-0.2, 0) is 22.1 Å². The molecule has 21 heavy (non-hydrogen) atoms. The predicted molar refractivity (Wildman–Crippen MR) is 75.7 cm³/mol. The Morgan fingerprint density at radius 3 is 2.57 bits per heavy atom. The molecule has 0 atom stereocenters. The first-order chi connectivity index (χ1) is 9.90. The maximum atomic E-state index is 13.1. The summed E-state index contributed by atoms with van der Waals surface area (Å²) < 4.78 is 43.9. The number of alkyl halides is 3. The number of rotatable bonds is 6. The second kappa shape index (κ2) is 7.86. The van der Waals surface area contributed by atoms with Crippen molar-refractivity contribution in [1.82, 2.24) is 0 Å². The smallest absolute Gasteiger partial charge is 0.416 e. The van der Waals surface area contributed by atoms with Gasteiger partial charge in [-0.2, -0.15) is 13.2 Å². The zero-order valence-electron chi connectivity index (χ0n) is 12.2. The molecule has 0 fully saturated rings. The normalized spacial score (nSPS) is 11.9. The van der Waals surface area contributed by atoms with E-state index >= 15 is 0 Å². The van der Waals surface area contributed by atoms with Crippen molar-refractivity contribution in [1.29, 1.82) is 0 Å². The molecule has 116 valence electrons. The van der Waals surface area contributed by atoms with Gasteiger partial charge in [-0.05, 0) is 43.0 Å². The van der Waals surface area contributed by atoms with E-state index < -0.39 is 17.7 Å². The van der Waals surface area contributed by atoms with Gasteiger partial charge in [0.05, 0.1) is 12.2 Å². The molecule has 1 rings (SSSR count). The molecule has 0 bridgehead atoms. The van der Waals surface area contributed by atoms with Crippen molar-refractivity contribution in [3.63, 3.8) is 0 Å². The highest BCUT2D eigenvalue weighted by Crippen LogP contribution is 2.34. The largest absolute Gasteiger partial charge is 0.463 e. The number of carbonyl (C=O) groups excluding carboxylic acids is 1. The number of ether oxygens (including phenoxy) is 1. The van der Waals surface area contributed by atoms with Gasteiger partial charge in [-0.15, -0.1) is 0 Å². The number of halogens is 3. The average Bonchev–Trinajstić information content (AvgIpc) is 2.42. The summed E-state index contributed by atoms with van der Waals surface area (Å²) in [4.78, 5) is 11.3. The van der Waals surface area contributed by atoms with E-state index in [-0.39, 0.29) is 12.2 Å². The van der Waals surface area contributed by atoms with Crippen LogP contribution in [-0.4, -0.2) is 12.6 Å². The van der Waals surface area contributed by atoms with Crippen LogP contribution in [0.3, 0.4) is 0 Å². The van der Waals surface area contributed by atoms with Gasteiger partial charge in [-0.1, -0.05) is 25.5 Å². The van der Waals surface area contributed by atoms with Crippen LogP contribution in [0.25, 0.3) is 6.08 Å². The molecule has 1 aromatic rings. The summed E-state index contributed by atoms with van der Waals surface area (Å²) in [5.74, 6) is -0.643. The molecule has 1 aromatic carbocycles. The number of carbonyl (C=O) groups is 1. The topological polar surface area (TPSA) is 26.3 Å². The highest BCUT2D eigenvalue weighted by Gasteiger charge is 2.33. The average molecular weight is 300 g/mol. The van der Waals surface area contributed by atoms with Crippen molar-refractivity contribution < 1.29 is 22.7 Å². The minimum Gasteiger partial charge on any atom is -0.463 e. The standard InChI is InChI=1S/C16H19F3O2/c1-3-5-7-12-8-6-9-14(16(17,18)19)13(12)10-11-15(20)21-4-2/h6,8-11H,3-5,7H2,1-2H3/b11-10+. The van der Waals surface area contributed by atoms with Gasteiger partial charge in [0.1, 0.15) is 0 Å². The van der Waals surface area contributed by atoms with Crippen molar-refractivity contribution >= 4 is 12.0 Å². The van der Waals surface area contributed by atoms with Gasteiger partial charge in [0, 0.05) is 6.08 Å². The second-order valence-electron chi connectivity index (χ2n) is 4.57. The molecular formula is C16H19F3O2. The second-order valence-corrected chi connectivity index (χ2v) is 4.57. The fourth-order valence-electron chi connectivity index (χ4n) is 1.98. The van der Waals surface area contributed by atoms with Crippen LogP contribution in [0.2, 0.25) is 0 Å². The molecular weight excluding hydrogens is 281 g/mol. The summed E-state index contributed by atoms with van der Waals surface area (Å²) in [7, 11) is 0. The van der Waals surface area contributed by atoms with Crippen LogP contribution in [0.15, 0.2) is 24.3 Å². The minimum absolute atomic E-state index is 0.0477. The molecule has 0 aliphatic rings. The van der Waals surface area contributed by atoms with E-state index in [4.69, 9.17) is 4.74 Å². The molecule has 0 saturated heterocycles. The van der Waals surface area contributed by atoms with Crippen LogP contribution < -0.4 is 0 Å². The number of unbranched alkanes of at least 4 members (excludes halogenated alkanes) is 1. The lowest BCUT2D eigenvalue weighted by Gasteiger charge is -2.14. The lowest BCUT2D eigenvalue weighted by Crippen LogP contribution is -2.09. The number of aryl methyl sites for hydroxylation is 1. The van der Waals surface area contributed by atoms with Crippen LogP contribution in [0.5, 0.6) is 0 Å². The first-order valence-corrected chi connectivity index (χ1v) is 6.94. The zero-order valence-corrected chi connectivity index (χ0v) is 12.2. The molecule has 0 radical (unpaired) electrons. The first-order valence-electron chi connectivity index (χ1n) is 6.94. The SMILES string of the molecule is CCCCc1cccc(C(F)(F)F)c1/C=C/C(=O)OCC. The van der Waals surface area contributed by atoms with Crippen molar-refractivity contribution in [2.75, 3.05) is 6.61 Å². The third-order valence-corrected chi connectivity index (χ3v) is 2.97. The number of hydrogen-bond acceptors (Lipinski definition) is 2. The van der Waals surface area contributed by atoms with Gasteiger partial charge in [0.15, 0.2) is 0 Å². The molecule has 0 amide bonds. The highest BCUT2D eigenvalue weighted by molar-refractivity contribution is 5.87. The predicted octanol–water partition coefficient (Wildman–Crippen LogP) is 4.62. The summed E-state index contributed by atoms with van der Waals surface area (Å²) in [6.07, 6.45) is 0.0215. The van der Waals surface area contributed by atoms with Crippen molar-refractivity contribution in [2.24, 2.45) is 0 Å². The molecule has 0 aliphatic carbocycles. The molecule has 0 saturated carbocycles. The lowest BCUT2D eigenvalue weighted by molar-refractivity contribution is -0.138. The van der Waals surface area contributed by atoms with E-state index in [0.29, 0.717) is 12.0 Å². The zero-order chi connectivity index (χ0) is 15.9. The van der Waals surface area contributed by atoms with E-state index in [0.717, 1.165) is 25.0 Å². The van der Waals surface area contributed by atoms with Crippen molar-refractivity contribution in [2.45, 2.75) is 39.3 Å². The van der Waals surface area contributed by atoms with Gasteiger partial charge in [-0.25, -0.2) is 4.79 Å². The van der Waals surface area contributed by atoms with Crippen LogP contribution in [0.4, 0.5) is 13.2 Å². The number of benzene rings is 1. The molecule has 0 unspecified atom stereocenters. The molecule has 0 aliphatic heterocycles. The maximum absolute atomic E-state index is 13.1. The summed E-state index contributed by atoms with van der Waals surface area (Å²) in [6, 6.07) is 4.09. The maximum Gasteiger partial charge on any atom is 0.416 e. The minimum atomic E-state index is -4.45. The van der Waals surface area contributed by atoms with E-state index in [1.165, 1.54) is 12.1 Å². The lowest BCUT2D eigenvalue weighted by atomic mass is 9.96. The molecule has 0 N–H and O–H groups in total. The molecule has 5 heteroatoms. The Balaban J connectivity index is 3.19. The molecule has 0 heterocycles. The van der Waals surface area contributed by atoms with E-state index in [1.54, 1.807) is 13.0 Å². The fraction of sp³-hybridized carbons (Fsp3) is 0.438. The Kier molecular flexibility index (Phi) is 6.46. The fourth-order valence-corrected chi connectivity index (χ4v) is 1.98. The van der Waals surface area contributed by atoms with E-state index in [9.17, 15) is 18.0 Å². The summed E-state index contributed by atoms with van der Waals surface area (Å²) in [6.45, 7) is 3.80. The molecule has 0 aromatic heterocycles. The highest BCUT2D eigenvalue weighted by atomic mass is 19.4. The Morgan fingerprint density at radius 1 is 1.29 bits per heavy atom. The van der Waals surface area contributed by atoms with Crippen LogP contribution >= 0.6 is 0 Å². The number of esters is 1. The first kappa shape index (κ1) is 17.3. The third kappa shape index (κ3) is 5.25. The van der Waals surface area contributed by atoms with Gasteiger partial charge in [0.25, 0.3) is 0 Å². The molecule has 0 spiro atoms. The van der Waals surface area contributed by atoms with Gasteiger partial charge in [0.2, 0.25) is 0 Å². The summed E-state index contributed by atoms with van der Waals surface area (Å²) >= 11 is 0. The Bertz CT molecular complexity index is 505. The Labute approximate surface area is 122 Å². The van der Waals surface area contributed by atoms with E-state index in [1.807, 2.05) is 6.92 Å². The summed E-state index contributed by atoms with van der Waals surface area (Å²) in [5, 5.41) is 0. The van der Waals surface area contributed by atoms with Crippen molar-refractivity contribution in [3.8, 4) is 0 Å². The monoisotopic (exact) mass is 300 g/mol. The summed E-state index contributed by atoms with van der Waals surface area (Å²) in [5.41, 5.74) is -0.0876. The van der Waals surface area contributed by atoms with Crippen LogP contribution in [0, 0.1) is 0 Å². The van der Waals surface area contributed by atoms with Crippen molar-refractivity contribution in [3.05, 3.63) is 41.0 Å². The quantitative estimate of drug-likeness (QED) is 0.566. The Hall–Kier alpha value is -1.78. The van der Waals surface area contributed by atoms with Gasteiger partial charge < -0.3 is 4.74 Å². The van der Waals surface area contributed by atoms with E-state index in [2.05, 4.69) is 0 Å². The third-order valence-electron chi connectivity index (χ3n) is 2.97. The van der Waals surface area contributed by atoms with Crippen LogP contribution in [0.1, 0.15) is 43.4 Å². The number of hydrogen-bond donors (Lipinski definition) is 0. The van der Waals surface area contributed by atoms with Gasteiger partial charge >= 0.3 is 12.1 Å².